The van der Waals surface area contributed by atoms with Gasteiger partial charge in [0.05, 0.1) is 6.10 Å². The number of nitrogens with zero attached hydrogens (tertiary/aromatic N) is 1. The lowest BCUT2D eigenvalue weighted by Crippen LogP contribution is -2.32. The normalized spacial score (nSPS) is 20.7. The van der Waals surface area contributed by atoms with Gasteiger partial charge in [0.15, 0.2) is 0 Å². The Morgan fingerprint density at radius 2 is 1.64 bits per heavy atom. The molecule has 3 heteroatoms. The van der Waals surface area contributed by atoms with E-state index in [0.717, 1.165) is 25.9 Å². The Kier molecular flexibility index (Phi) is 6.51. The number of hydrogen-bond donors (Lipinski definition) is 1. The second-order valence-electron chi connectivity index (χ2n) is 2.94. The summed E-state index contributed by atoms with van der Waals surface area (Å²) in [5.74, 6) is 0. The highest BCUT2D eigenvalue weighted by atomic mass is 16.4. The molecule has 11 heavy (non-hydrogen) atoms. The molecule has 0 saturated carbocycles. The van der Waals surface area contributed by atoms with Crippen LogP contribution in [0.1, 0.15) is 12.8 Å². The molecule has 1 N–H and O–H groups in total. The maximum Gasteiger partial charge on any atom is 0.0564 e. The Morgan fingerprint density at radius 1 is 1.27 bits per heavy atom. The number of likely N-dealkylation sites (tertiary alicyclic amines) is 1. The molecular weight excluding hydrogens is 142 g/mol. The maximum absolute atomic E-state index is 9.00. The van der Waals surface area contributed by atoms with Gasteiger partial charge in [0.2, 0.25) is 0 Å². The van der Waals surface area contributed by atoms with Crippen LogP contribution in [-0.4, -0.2) is 50.5 Å². The van der Waals surface area contributed by atoms with Gasteiger partial charge in [-0.15, -0.1) is 0 Å². The standard InChI is InChI=1S/C6H13NO.C2H6O/c1-7-4-2-6(8)3-5-7;1-3-2/h6,8H,2-5H2,1H3;1-2H3. The van der Waals surface area contributed by atoms with E-state index in [2.05, 4.69) is 16.7 Å². The number of hydrogen-bond acceptors (Lipinski definition) is 3. The first-order chi connectivity index (χ1) is 5.20. The first-order valence-corrected chi connectivity index (χ1v) is 3.97. The summed E-state index contributed by atoms with van der Waals surface area (Å²) in [4.78, 5) is 2.24. The fourth-order valence-electron chi connectivity index (χ4n) is 0.995. The zero-order chi connectivity index (χ0) is 8.69. The monoisotopic (exact) mass is 161 g/mol. The summed E-state index contributed by atoms with van der Waals surface area (Å²) in [6.07, 6.45) is 1.89. The molecule has 1 aliphatic rings. The van der Waals surface area contributed by atoms with Crippen LogP contribution < -0.4 is 0 Å². The van der Waals surface area contributed by atoms with Crippen molar-refractivity contribution in [1.82, 2.24) is 4.90 Å². The Morgan fingerprint density at radius 3 is 1.91 bits per heavy atom. The highest BCUT2D eigenvalue weighted by Gasteiger charge is 2.12. The van der Waals surface area contributed by atoms with E-state index in [4.69, 9.17) is 5.11 Å². The second kappa shape index (κ2) is 6.58. The Labute approximate surface area is 69.0 Å². The first kappa shape index (κ1) is 10.9. The number of methoxy groups -OCH3 is 1. The van der Waals surface area contributed by atoms with Gasteiger partial charge in [-0.1, -0.05) is 0 Å². The molecule has 0 spiro atoms. The van der Waals surface area contributed by atoms with Crippen molar-refractivity contribution in [3.63, 3.8) is 0 Å². The fraction of sp³-hybridized carbons (Fsp3) is 1.00. The minimum absolute atomic E-state index is 0.0220. The van der Waals surface area contributed by atoms with Crippen molar-refractivity contribution in [2.45, 2.75) is 18.9 Å². The van der Waals surface area contributed by atoms with Crippen molar-refractivity contribution in [2.75, 3.05) is 34.4 Å². The third-order valence-corrected chi connectivity index (χ3v) is 1.69. The Balaban J connectivity index is 0.000000292. The molecule has 68 valence electrons. The van der Waals surface area contributed by atoms with Crippen LogP contribution >= 0.6 is 0 Å². The molecule has 1 fully saturated rings. The van der Waals surface area contributed by atoms with Gasteiger partial charge >= 0.3 is 0 Å². The summed E-state index contributed by atoms with van der Waals surface area (Å²) in [7, 11) is 5.34. The van der Waals surface area contributed by atoms with Crippen LogP contribution in [-0.2, 0) is 4.74 Å². The third kappa shape index (κ3) is 6.28. The third-order valence-electron chi connectivity index (χ3n) is 1.69. The van der Waals surface area contributed by atoms with Crippen LogP contribution in [0.5, 0.6) is 0 Å². The van der Waals surface area contributed by atoms with E-state index in [-0.39, 0.29) is 6.10 Å². The quantitative estimate of drug-likeness (QED) is 0.556. The molecule has 1 heterocycles. The summed E-state index contributed by atoms with van der Waals surface area (Å²) in [6, 6.07) is 0. The van der Waals surface area contributed by atoms with Gasteiger partial charge in [0.25, 0.3) is 0 Å². The molecule has 0 aromatic carbocycles. The fourth-order valence-corrected chi connectivity index (χ4v) is 0.995. The van der Waals surface area contributed by atoms with E-state index < -0.39 is 0 Å². The molecule has 0 radical (unpaired) electrons. The Bertz CT molecular complexity index is 70.2. The van der Waals surface area contributed by atoms with Gasteiger partial charge in [-0.25, -0.2) is 0 Å². The molecule has 0 bridgehead atoms. The van der Waals surface area contributed by atoms with Crippen molar-refractivity contribution in [3.05, 3.63) is 0 Å². The first-order valence-electron chi connectivity index (χ1n) is 3.97. The van der Waals surface area contributed by atoms with Crippen molar-refractivity contribution >= 4 is 0 Å². The average molecular weight is 161 g/mol. The zero-order valence-corrected chi connectivity index (χ0v) is 7.71. The molecule has 3 nitrogen and oxygen atoms in total. The molecule has 1 rings (SSSR count). The topological polar surface area (TPSA) is 32.7 Å². The molecule has 1 aliphatic heterocycles. The summed E-state index contributed by atoms with van der Waals surface area (Å²) in [6.45, 7) is 2.11. The van der Waals surface area contributed by atoms with E-state index in [9.17, 15) is 0 Å². The van der Waals surface area contributed by atoms with Gasteiger partial charge in [0, 0.05) is 27.3 Å². The predicted molar refractivity (Wildman–Crippen MR) is 45.7 cm³/mol. The van der Waals surface area contributed by atoms with Gasteiger partial charge in [-0.3, -0.25) is 0 Å². The molecule has 1 saturated heterocycles. The highest BCUT2D eigenvalue weighted by molar-refractivity contribution is 4.67. The van der Waals surface area contributed by atoms with Crippen LogP contribution in [0.15, 0.2) is 0 Å². The number of aliphatic hydroxyl groups excluding tert-OH is 1. The largest absolute Gasteiger partial charge is 0.393 e. The summed E-state index contributed by atoms with van der Waals surface area (Å²) >= 11 is 0. The van der Waals surface area contributed by atoms with E-state index >= 15 is 0 Å². The molecule has 0 amide bonds. The lowest BCUT2D eigenvalue weighted by atomic mass is 10.1. The van der Waals surface area contributed by atoms with Crippen molar-refractivity contribution in [1.29, 1.82) is 0 Å². The molecule has 0 aromatic rings. The van der Waals surface area contributed by atoms with Gasteiger partial charge in [-0.05, 0) is 19.9 Å². The summed E-state index contributed by atoms with van der Waals surface area (Å²) in [5.41, 5.74) is 0. The molecular formula is C8H19NO2. The van der Waals surface area contributed by atoms with E-state index in [1.54, 1.807) is 14.2 Å². The van der Waals surface area contributed by atoms with Crippen LogP contribution in [0.3, 0.4) is 0 Å². The lowest BCUT2D eigenvalue weighted by molar-refractivity contribution is 0.0943. The van der Waals surface area contributed by atoms with Gasteiger partial charge in [0.1, 0.15) is 0 Å². The molecule has 0 aliphatic carbocycles. The predicted octanol–water partition coefficient (Wildman–Crippen LogP) is 0.335. The minimum atomic E-state index is -0.0220. The van der Waals surface area contributed by atoms with Crippen molar-refractivity contribution in [2.24, 2.45) is 0 Å². The second-order valence-corrected chi connectivity index (χ2v) is 2.94. The number of piperidine rings is 1. The van der Waals surface area contributed by atoms with Crippen LogP contribution in [0.4, 0.5) is 0 Å². The number of aliphatic hydroxyl groups is 1. The summed E-state index contributed by atoms with van der Waals surface area (Å²) < 4.78 is 4.25. The number of rotatable bonds is 0. The van der Waals surface area contributed by atoms with Crippen LogP contribution in [0.25, 0.3) is 0 Å². The molecule has 0 unspecified atom stereocenters. The Hall–Kier alpha value is -0.120. The van der Waals surface area contributed by atoms with Crippen molar-refractivity contribution in [3.8, 4) is 0 Å². The maximum atomic E-state index is 9.00. The van der Waals surface area contributed by atoms with Crippen LogP contribution in [0.2, 0.25) is 0 Å². The highest BCUT2D eigenvalue weighted by Crippen LogP contribution is 2.06. The SMILES string of the molecule is CN1CCC(O)CC1.COC. The number of ether oxygens (including phenoxy) is 1. The van der Waals surface area contributed by atoms with E-state index in [1.165, 1.54) is 0 Å². The summed E-state index contributed by atoms with van der Waals surface area (Å²) in [5, 5.41) is 9.00. The van der Waals surface area contributed by atoms with Crippen molar-refractivity contribution < 1.29 is 9.84 Å². The van der Waals surface area contributed by atoms with Gasteiger partial charge in [-0.2, -0.15) is 0 Å². The van der Waals surface area contributed by atoms with Gasteiger partial charge < -0.3 is 14.7 Å². The van der Waals surface area contributed by atoms with E-state index in [1.807, 2.05) is 0 Å². The molecule has 0 atom stereocenters. The van der Waals surface area contributed by atoms with E-state index in [0.29, 0.717) is 0 Å². The average Bonchev–Trinajstić information content (AvgIpc) is 1.97. The lowest BCUT2D eigenvalue weighted by Gasteiger charge is -2.25. The molecule has 0 aromatic heterocycles. The smallest absolute Gasteiger partial charge is 0.0564 e. The van der Waals surface area contributed by atoms with Crippen LogP contribution in [0, 0.1) is 0 Å². The zero-order valence-electron chi connectivity index (χ0n) is 7.71. The minimum Gasteiger partial charge on any atom is -0.393 e.